The van der Waals surface area contributed by atoms with Crippen LogP contribution in [-0.2, 0) is 4.74 Å². The average Bonchev–Trinajstić information content (AvgIpc) is 1.91. The lowest BCUT2D eigenvalue weighted by molar-refractivity contribution is 0.183. The van der Waals surface area contributed by atoms with E-state index in [4.69, 9.17) is 4.74 Å². The monoisotopic (exact) mass is 100 g/mol. The van der Waals surface area contributed by atoms with Gasteiger partial charge in [0.1, 0.15) is 0 Å². The highest BCUT2D eigenvalue weighted by atomic mass is 16.5. The van der Waals surface area contributed by atoms with E-state index in [0.29, 0.717) is 0 Å². The molecule has 1 heteroatoms. The predicted molar refractivity (Wildman–Crippen MR) is 29.1 cm³/mol. The first-order valence-electron chi connectivity index (χ1n) is 2.88. The lowest BCUT2D eigenvalue weighted by Crippen LogP contribution is -2.01. The van der Waals surface area contributed by atoms with Crippen LogP contribution in [-0.4, -0.2) is 13.2 Å². The van der Waals surface area contributed by atoms with Gasteiger partial charge in [-0.3, -0.25) is 0 Å². The SMILES string of the molecule is CC1COC[C@H]1C. The minimum atomic E-state index is 0.792. The van der Waals surface area contributed by atoms with Crippen LogP contribution in [0.15, 0.2) is 0 Å². The quantitative estimate of drug-likeness (QED) is 0.445. The Hall–Kier alpha value is -0.0400. The van der Waals surface area contributed by atoms with E-state index in [0.717, 1.165) is 25.0 Å². The van der Waals surface area contributed by atoms with Crippen molar-refractivity contribution in [3.8, 4) is 0 Å². The van der Waals surface area contributed by atoms with Gasteiger partial charge in [0, 0.05) is 13.2 Å². The van der Waals surface area contributed by atoms with Crippen LogP contribution in [0.4, 0.5) is 0 Å². The Morgan fingerprint density at radius 3 is 1.71 bits per heavy atom. The number of rotatable bonds is 0. The van der Waals surface area contributed by atoms with Crippen molar-refractivity contribution in [1.82, 2.24) is 0 Å². The van der Waals surface area contributed by atoms with E-state index in [9.17, 15) is 0 Å². The maximum absolute atomic E-state index is 5.17. The molecular weight excluding hydrogens is 88.1 g/mol. The van der Waals surface area contributed by atoms with Crippen LogP contribution in [0, 0.1) is 11.8 Å². The number of ether oxygens (including phenoxy) is 1. The van der Waals surface area contributed by atoms with Crippen molar-refractivity contribution in [2.45, 2.75) is 13.8 Å². The zero-order chi connectivity index (χ0) is 5.28. The topological polar surface area (TPSA) is 9.23 Å². The molecule has 1 nitrogen and oxygen atoms in total. The fourth-order valence-corrected chi connectivity index (χ4v) is 0.768. The van der Waals surface area contributed by atoms with Gasteiger partial charge in [0.05, 0.1) is 0 Å². The Kier molecular flexibility index (Phi) is 1.33. The molecule has 0 N–H and O–H groups in total. The molecule has 0 aromatic heterocycles. The molecule has 1 saturated heterocycles. The third-order valence-corrected chi connectivity index (χ3v) is 1.73. The molecule has 42 valence electrons. The van der Waals surface area contributed by atoms with E-state index in [1.165, 1.54) is 0 Å². The van der Waals surface area contributed by atoms with E-state index >= 15 is 0 Å². The highest BCUT2D eigenvalue weighted by Gasteiger charge is 2.18. The van der Waals surface area contributed by atoms with Gasteiger partial charge < -0.3 is 4.74 Å². The zero-order valence-electron chi connectivity index (χ0n) is 4.98. The van der Waals surface area contributed by atoms with Gasteiger partial charge in [-0.05, 0) is 11.8 Å². The molecule has 0 saturated carbocycles. The summed E-state index contributed by atoms with van der Waals surface area (Å²) in [5.74, 6) is 1.58. The largest absolute Gasteiger partial charge is 0.381 e. The van der Waals surface area contributed by atoms with Gasteiger partial charge in [-0.25, -0.2) is 0 Å². The minimum absolute atomic E-state index is 0.792. The number of hydrogen-bond acceptors (Lipinski definition) is 1. The minimum Gasteiger partial charge on any atom is -0.381 e. The van der Waals surface area contributed by atoms with Gasteiger partial charge in [0.2, 0.25) is 0 Å². The molecule has 0 amide bonds. The third kappa shape index (κ3) is 0.942. The number of hydrogen-bond donors (Lipinski definition) is 0. The van der Waals surface area contributed by atoms with Crippen molar-refractivity contribution in [2.75, 3.05) is 13.2 Å². The van der Waals surface area contributed by atoms with E-state index in [2.05, 4.69) is 13.8 Å². The molecule has 1 aliphatic heterocycles. The molecule has 0 radical (unpaired) electrons. The molecule has 1 heterocycles. The molecule has 0 aliphatic carbocycles. The fraction of sp³-hybridized carbons (Fsp3) is 1.00. The van der Waals surface area contributed by atoms with Crippen LogP contribution in [0.3, 0.4) is 0 Å². The van der Waals surface area contributed by atoms with Crippen molar-refractivity contribution in [3.05, 3.63) is 0 Å². The van der Waals surface area contributed by atoms with Crippen LogP contribution < -0.4 is 0 Å². The molecule has 1 aliphatic rings. The smallest absolute Gasteiger partial charge is 0.0495 e. The van der Waals surface area contributed by atoms with Crippen LogP contribution >= 0.6 is 0 Å². The van der Waals surface area contributed by atoms with Crippen molar-refractivity contribution >= 4 is 0 Å². The maximum atomic E-state index is 5.17. The van der Waals surface area contributed by atoms with Crippen molar-refractivity contribution < 1.29 is 4.74 Å². The summed E-state index contributed by atoms with van der Waals surface area (Å²) in [6, 6.07) is 0. The van der Waals surface area contributed by atoms with Crippen molar-refractivity contribution in [3.63, 3.8) is 0 Å². The Bertz CT molecular complexity index is 53.2. The highest BCUT2D eigenvalue weighted by Crippen LogP contribution is 2.17. The molecular formula is C6H12O. The first-order chi connectivity index (χ1) is 3.30. The summed E-state index contributed by atoms with van der Waals surface area (Å²) < 4.78 is 5.17. The molecule has 7 heavy (non-hydrogen) atoms. The molecule has 0 spiro atoms. The molecule has 2 atom stereocenters. The predicted octanol–water partition coefficient (Wildman–Crippen LogP) is 1.29. The van der Waals surface area contributed by atoms with Crippen LogP contribution in [0.5, 0.6) is 0 Å². The van der Waals surface area contributed by atoms with Gasteiger partial charge in [-0.1, -0.05) is 13.8 Å². The van der Waals surface area contributed by atoms with Crippen molar-refractivity contribution in [1.29, 1.82) is 0 Å². The third-order valence-electron chi connectivity index (χ3n) is 1.73. The second-order valence-electron chi connectivity index (χ2n) is 2.49. The van der Waals surface area contributed by atoms with Gasteiger partial charge in [0.15, 0.2) is 0 Å². The summed E-state index contributed by atoms with van der Waals surface area (Å²) in [5, 5.41) is 0. The van der Waals surface area contributed by atoms with Crippen molar-refractivity contribution in [2.24, 2.45) is 11.8 Å². The first kappa shape index (κ1) is 5.10. The Morgan fingerprint density at radius 1 is 1.14 bits per heavy atom. The van der Waals surface area contributed by atoms with E-state index in [1.54, 1.807) is 0 Å². The Labute approximate surface area is 44.7 Å². The molecule has 0 aromatic rings. The van der Waals surface area contributed by atoms with Gasteiger partial charge in [0.25, 0.3) is 0 Å². The Balaban J connectivity index is 2.33. The zero-order valence-corrected chi connectivity index (χ0v) is 4.98. The summed E-state index contributed by atoms with van der Waals surface area (Å²) in [5.41, 5.74) is 0. The van der Waals surface area contributed by atoms with Crippen LogP contribution in [0.25, 0.3) is 0 Å². The molecule has 1 rings (SSSR count). The average molecular weight is 100 g/mol. The Morgan fingerprint density at radius 2 is 1.57 bits per heavy atom. The highest BCUT2D eigenvalue weighted by molar-refractivity contribution is 4.65. The summed E-state index contributed by atoms with van der Waals surface area (Å²) in [4.78, 5) is 0. The van der Waals surface area contributed by atoms with E-state index < -0.39 is 0 Å². The van der Waals surface area contributed by atoms with Crippen LogP contribution in [0.2, 0.25) is 0 Å². The van der Waals surface area contributed by atoms with E-state index in [-0.39, 0.29) is 0 Å². The lowest BCUT2D eigenvalue weighted by Gasteiger charge is -2.01. The van der Waals surface area contributed by atoms with Gasteiger partial charge in [-0.15, -0.1) is 0 Å². The maximum Gasteiger partial charge on any atom is 0.0495 e. The summed E-state index contributed by atoms with van der Waals surface area (Å²) >= 11 is 0. The standard InChI is InChI=1S/C6H12O/c1-5-3-7-4-6(5)2/h5-6H,3-4H2,1-2H3/t5-,6?/m1/s1. The second-order valence-corrected chi connectivity index (χ2v) is 2.49. The normalized spacial score (nSPS) is 42.0. The molecule has 1 fully saturated rings. The van der Waals surface area contributed by atoms with Gasteiger partial charge in [-0.2, -0.15) is 0 Å². The van der Waals surface area contributed by atoms with Crippen LogP contribution in [0.1, 0.15) is 13.8 Å². The molecule has 0 aromatic carbocycles. The lowest BCUT2D eigenvalue weighted by atomic mass is 10.0. The summed E-state index contributed by atoms with van der Waals surface area (Å²) in [7, 11) is 0. The molecule has 1 unspecified atom stereocenters. The summed E-state index contributed by atoms with van der Waals surface area (Å²) in [6.45, 7) is 6.41. The van der Waals surface area contributed by atoms with Gasteiger partial charge >= 0.3 is 0 Å². The van der Waals surface area contributed by atoms with E-state index in [1.807, 2.05) is 0 Å². The summed E-state index contributed by atoms with van der Waals surface area (Å²) in [6.07, 6.45) is 0. The second kappa shape index (κ2) is 1.83. The fourth-order valence-electron chi connectivity index (χ4n) is 0.768. The molecule has 0 bridgehead atoms. The first-order valence-corrected chi connectivity index (χ1v) is 2.88.